The van der Waals surface area contributed by atoms with Crippen molar-refractivity contribution in [2.45, 2.75) is 50.7 Å². The maximum Gasteiger partial charge on any atom is 0.490 e. The van der Waals surface area contributed by atoms with Crippen LogP contribution in [0.1, 0.15) is 65.2 Å². The molecule has 0 fully saturated rings. The number of carboxylic acid groups (broad SMARTS) is 2. The summed E-state index contributed by atoms with van der Waals surface area (Å²) in [6.07, 6.45) is -1.73. The summed E-state index contributed by atoms with van der Waals surface area (Å²) in [5.74, 6) is -4.73. The first kappa shape index (κ1) is 36.2. The van der Waals surface area contributed by atoms with E-state index in [-0.39, 0.29) is 31.1 Å². The van der Waals surface area contributed by atoms with E-state index in [0.29, 0.717) is 17.8 Å². The number of rotatable bonds is 12. The Morgan fingerprint density at radius 1 is 0.979 bits per heavy atom. The van der Waals surface area contributed by atoms with E-state index in [9.17, 15) is 32.8 Å². The second-order valence-electron chi connectivity index (χ2n) is 10.9. The molecule has 0 aliphatic carbocycles. The van der Waals surface area contributed by atoms with Crippen molar-refractivity contribution in [1.82, 2.24) is 5.32 Å². The van der Waals surface area contributed by atoms with Crippen molar-refractivity contribution < 1.29 is 42.6 Å². The number of Topliss-reactive ketones (excluding diaryl/α,β-unsaturated/α-hetero) is 1. The van der Waals surface area contributed by atoms with E-state index in [1.54, 1.807) is 5.01 Å². The maximum absolute atomic E-state index is 13.9. The molecule has 47 heavy (non-hydrogen) atoms. The number of nitrogens with one attached hydrogen (secondary N) is 2. The van der Waals surface area contributed by atoms with Gasteiger partial charge in [0.05, 0.1) is 10.8 Å². The first-order valence-corrected chi connectivity index (χ1v) is 14.9. The zero-order valence-corrected chi connectivity index (χ0v) is 25.5. The van der Waals surface area contributed by atoms with E-state index in [1.165, 1.54) is 0 Å². The number of aliphatic carboxylic acids is 2. The van der Waals surface area contributed by atoms with E-state index >= 15 is 0 Å². The van der Waals surface area contributed by atoms with Gasteiger partial charge in [0, 0.05) is 18.5 Å². The van der Waals surface area contributed by atoms with Crippen LogP contribution in [0.25, 0.3) is 0 Å². The summed E-state index contributed by atoms with van der Waals surface area (Å²) in [6.45, 7) is 0.507. The van der Waals surface area contributed by atoms with Gasteiger partial charge in [-0.05, 0) is 54.5 Å². The van der Waals surface area contributed by atoms with Crippen molar-refractivity contribution in [1.29, 1.82) is 5.41 Å². The van der Waals surface area contributed by atoms with Gasteiger partial charge in [0.15, 0.2) is 11.7 Å². The monoisotopic (exact) mass is 656 g/mol. The molecule has 4 rings (SSSR count). The number of unbranched alkanes of at least 4 members (excludes halogenated alkanes) is 2. The van der Waals surface area contributed by atoms with Crippen molar-refractivity contribution in [2.24, 2.45) is 11.7 Å². The number of nitrogens with zero attached hydrogens (tertiary/aromatic N) is 2. The highest BCUT2D eigenvalue weighted by Crippen LogP contribution is 2.39. The second-order valence-corrected chi connectivity index (χ2v) is 10.9. The highest BCUT2D eigenvalue weighted by atomic mass is 19.4. The van der Waals surface area contributed by atoms with Crippen LogP contribution in [-0.2, 0) is 16.0 Å². The number of nitrogens with two attached hydrogens (primary N) is 1. The number of fused-ring (bicyclic) bond motifs is 1. The molecule has 1 unspecified atom stereocenters. The average Bonchev–Trinajstić information content (AvgIpc) is 3.12. The van der Waals surface area contributed by atoms with Crippen LogP contribution in [0.5, 0.6) is 0 Å². The molecule has 0 saturated heterocycles. The zero-order valence-electron chi connectivity index (χ0n) is 25.5. The van der Waals surface area contributed by atoms with E-state index < -0.39 is 30.1 Å². The molecule has 250 valence electrons. The molecule has 1 aliphatic rings. The molecular weight excluding hydrogens is 619 g/mol. The summed E-state index contributed by atoms with van der Waals surface area (Å²) in [5, 5.41) is 28.1. The van der Waals surface area contributed by atoms with E-state index in [4.69, 9.17) is 21.0 Å². The van der Waals surface area contributed by atoms with Gasteiger partial charge in [-0.2, -0.15) is 13.2 Å². The molecule has 1 heterocycles. The number of alkyl halides is 3. The highest BCUT2D eigenvalue weighted by molar-refractivity contribution is 6.03. The minimum absolute atomic E-state index is 0.0389. The highest BCUT2D eigenvalue weighted by Gasteiger charge is 2.43. The Kier molecular flexibility index (Phi) is 13.0. The summed E-state index contributed by atoms with van der Waals surface area (Å²) in [7, 11) is 0. The number of guanidine groups is 1. The number of aryl methyl sites for hydroxylation is 1. The molecule has 0 bridgehead atoms. The third kappa shape index (κ3) is 10.7. The van der Waals surface area contributed by atoms with Crippen molar-refractivity contribution >= 4 is 29.4 Å². The molecule has 1 atom stereocenters. The number of nitroso groups, excluding NO2 is 1. The molecule has 3 aromatic rings. The fourth-order valence-corrected chi connectivity index (χ4v) is 5.22. The number of carbonyl (C=O) groups is 3. The lowest BCUT2D eigenvalue weighted by Crippen LogP contribution is -2.39. The Bertz CT molecular complexity index is 1510. The average molecular weight is 657 g/mol. The van der Waals surface area contributed by atoms with Crippen molar-refractivity contribution in [2.75, 3.05) is 18.1 Å². The molecule has 11 nitrogen and oxygen atoms in total. The lowest BCUT2D eigenvalue weighted by Gasteiger charge is -2.26. The van der Waals surface area contributed by atoms with Gasteiger partial charge in [-0.25, -0.2) is 4.79 Å². The van der Waals surface area contributed by atoms with Gasteiger partial charge < -0.3 is 21.3 Å². The largest absolute Gasteiger partial charge is 0.490 e. The van der Waals surface area contributed by atoms with Crippen molar-refractivity contribution in [3.8, 4) is 0 Å². The van der Waals surface area contributed by atoms with Crippen LogP contribution in [0, 0.1) is 16.2 Å². The predicted molar refractivity (Wildman–Crippen MR) is 168 cm³/mol. The molecule has 0 aromatic heterocycles. The van der Waals surface area contributed by atoms with Gasteiger partial charge in [-0.15, -0.1) is 0 Å². The summed E-state index contributed by atoms with van der Waals surface area (Å²) >= 11 is 0. The van der Waals surface area contributed by atoms with Gasteiger partial charge >= 0.3 is 18.1 Å². The van der Waals surface area contributed by atoms with Crippen LogP contribution in [-0.4, -0.2) is 58.0 Å². The normalized spacial score (nSPS) is 14.5. The Labute approximate surface area is 269 Å². The van der Waals surface area contributed by atoms with Gasteiger partial charge in [-0.1, -0.05) is 78.2 Å². The topological polar surface area (TPSA) is 177 Å². The molecule has 0 radical (unpaired) electrons. The summed E-state index contributed by atoms with van der Waals surface area (Å²) in [6, 6.07) is 24.6. The lowest BCUT2D eigenvalue weighted by atomic mass is 9.90. The zero-order chi connectivity index (χ0) is 34.6. The van der Waals surface area contributed by atoms with Crippen LogP contribution in [0.3, 0.4) is 0 Å². The standard InChI is InChI=1S/C31H35N5O4.C2HF3O2/c32-31(33)34-19-9-3-4-10-22-15-17-27-26(20-22)30(39)25(16-18-28(37)38)21-35(40)36(27)29(23-11-5-1-6-12-23)24-13-7-2-8-14-24;3-2(4,5)1(6)7/h1-2,5-8,11-15,17,20,25,29H,3-4,9-10,16,18-19,21H2,(H4-,32,33,34,37,38);(H,6,7)/p+1. The number of halogens is 3. The summed E-state index contributed by atoms with van der Waals surface area (Å²) in [4.78, 5) is 48.8. The second kappa shape index (κ2) is 16.9. The predicted octanol–water partition coefficient (Wildman–Crippen LogP) is 5.48. The lowest BCUT2D eigenvalue weighted by molar-refractivity contribution is -0.569. The van der Waals surface area contributed by atoms with Crippen molar-refractivity contribution in [3.63, 3.8) is 0 Å². The van der Waals surface area contributed by atoms with Crippen LogP contribution in [0.2, 0.25) is 0 Å². The minimum Gasteiger partial charge on any atom is -0.481 e. The number of hydrogen-bond acceptors (Lipinski definition) is 5. The molecular formula is C33H37F3N5O6+. The number of ketones is 1. The molecule has 0 amide bonds. The summed E-state index contributed by atoms with van der Waals surface area (Å²) < 4.78 is 31.7. The molecule has 14 heteroatoms. The number of anilines is 1. The van der Waals surface area contributed by atoms with Gasteiger partial charge in [0.1, 0.15) is 16.6 Å². The van der Waals surface area contributed by atoms with Crippen LogP contribution >= 0.6 is 0 Å². The third-order valence-electron chi connectivity index (χ3n) is 7.44. The van der Waals surface area contributed by atoms with Crippen molar-refractivity contribution in [3.05, 3.63) is 106 Å². The van der Waals surface area contributed by atoms with E-state index in [0.717, 1.165) is 47.2 Å². The fraction of sp³-hybridized carbons (Fsp3) is 0.333. The number of hydrazine groups is 1. The number of carboxylic acids is 2. The van der Waals surface area contributed by atoms with E-state index in [2.05, 4.69) is 5.32 Å². The molecule has 0 spiro atoms. The first-order chi connectivity index (χ1) is 22.3. The molecule has 1 aliphatic heterocycles. The Balaban J connectivity index is 0.000000771. The minimum atomic E-state index is -5.08. The summed E-state index contributed by atoms with van der Waals surface area (Å²) in [5.41, 5.74) is 9.09. The number of benzene rings is 3. The SMILES string of the molecule is N=C(N)NCCCCCc1ccc2c(c1)C(=O)C(CCC(=O)O)C[N+](=O)N2C(c1ccccc1)c1ccccc1.O=C(O)C(F)(F)F. The quantitative estimate of drug-likeness (QED) is 0.0731. The molecule has 6 N–H and O–H groups in total. The van der Waals surface area contributed by atoms with Gasteiger partial charge in [0.25, 0.3) is 0 Å². The number of hydrogen-bond donors (Lipinski definition) is 5. The molecule has 3 aromatic carbocycles. The van der Waals surface area contributed by atoms with Crippen LogP contribution in [0.4, 0.5) is 18.9 Å². The Morgan fingerprint density at radius 3 is 2.06 bits per heavy atom. The first-order valence-electron chi connectivity index (χ1n) is 14.9. The maximum atomic E-state index is 13.9. The third-order valence-corrected chi connectivity index (χ3v) is 7.44. The fourth-order valence-electron chi connectivity index (χ4n) is 5.22. The Hall–Kier alpha value is -5.27. The number of carbonyl (C=O) groups excluding carboxylic acids is 1. The van der Waals surface area contributed by atoms with E-state index in [1.807, 2.05) is 78.9 Å². The van der Waals surface area contributed by atoms with Gasteiger partial charge in [0.2, 0.25) is 6.54 Å². The smallest absolute Gasteiger partial charge is 0.481 e. The van der Waals surface area contributed by atoms with Crippen LogP contribution in [0.15, 0.2) is 78.9 Å². The Morgan fingerprint density at radius 2 is 1.55 bits per heavy atom. The van der Waals surface area contributed by atoms with Gasteiger partial charge in [-0.3, -0.25) is 15.0 Å². The molecule has 0 saturated carbocycles. The van der Waals surface area contributed by atoms with Crippen LogP contribution < -0.4 is 16.1 Å².